The molecular weight excluding hydrogens is 294 g/mol. The molecule has 1 N–H and O–H groups in total. The normalized spacial score (nSPS) is 22.3. The lowest BCUT2D eigenvalue weighted by Gasteiger charge is -2.34. The highest BCUT2D eigenvalue weighted by atomic mass is 32.2. The molecule has 0 amide bonds. The molecule has 0 radical (unpaired) electrons. The number of carboxylic acids is 1. The summed E-state index contributed by atoms with van der Waals surface area (Å²) in [5.74, 6) is -0.963. The van der Waals surface area contributed by atoms with Crippen molar-refractivity contribution in [1.29, 1.82) is 0 Å². The van der Waals surface area contributed by atoms with Gasteiger partial charge in [-0.1, -0.05) is 6.92 Å². The summed E-state index contributed by atoms with van der Waals surface area (Å²) in [5.41, 5.74) is 2.01. The maximum Gasteiger partial charge on any atom is 0.304 e. The lowest BCUT2D eigenvalue weighted by Crippen LogP contribution is -2.48. The van der Waals surface area contributed by atoms with Gasteiger partial charge in [0.15, 0.2) is 9.84 Å². The van der Waals surface area contributed by atoms with Crippen LogP contribution in [0, 0.1) is 0 Å². The Kier molecular flexibility index (Phi) is 4.67. The van der Waals surface area contributed by atoms with Crippen molar-refractivity contribution >= 4 is 15.8 Å². The summed E-state index contributed by atoms with van der Waals surface area (Å²) in [6.07, 6.45) is 2.56. The largest absolute Gasteiger partial charge is 0.481 e. The maximum absolute atomic E-state index is 11.7. The molecule has 1 aromatic rings. The second kappa shape index (κ2) is 6.15. The molecule has 21 heavy (non-hydrogen) atoms. The van der Waals surface area contributed by atoms with Gasteiger partial charge in [-0.3, -0.25) is 14.4 Å². The summed E-state index contributed by atoms with van der Waals surface area (Å²) in [4.78, 5) is 12.9. The Balaban J connectivity index is 2.17. The Morgan fingerprint density at radius 1 is 1.52 bits per heavy atom. The molecule has 0 aliphatic carbocycles. The fourth-order valence-corrected chi connectivity index (χ4v) is 4.34. The summed E-state index contributed by atoms with van der Waals surface area (Å²) < 4.78 is 25.2. The van der Waals surface area contributed by atoms with Gasteiger partial charge in [-0.15, -0.1) is 0 Å². The van der Waals surface area contributed by atoms with Crippen LogP contribution in [-0.4, -0.2) is 58.3 Å². The van der Waals surface area contributed by atoms with Gasteiger partial charge in [0.2, 0.25) is 0 Å². The lowest BCUT2D eigenvalue weighted by molar-refractivity contribution is -0.138. The number of aryl methyl sites for hydroxylation is 2. The fourth-order valence-electron chi connectivity index (χ4n) is 2.75. The van der Waals surface area contributed by atoms with Gasteiger partial charge < -0.3 is 5.11 Å². The van der Waals surface area contributed by atoms with Crippen molar-refractivity contribution in [3.8, 4) is 0 Å². The molecule has 0 saturated carbocycles. The van der Waals surface area contributed by atoms with Crippen molar-refractivity contribution in [2.75, 3.05) is 18.1 Å². The number of aliphatic carboxylic acids is 1. The van der Waals surface area contributed by atoms with Crippen molar-refractivity contribution in [3.63, 3.8) is 0 Å². The van der Waals surface area contributed by atoms with E-state index in [1.807, 2.05) is 25.1 Å². The molecule has 1 aromatic heterocycles. The number of hydrogen-bond donors (Lipinski definition) is 1. The minimum Gasteiger partial charge on any atom is -0.481 e. The van der Waals surface area contributed by atoms with Gasteiger partial charge >= 0.3 is 5.97 Å². The van der Waals surface area contributed by atoms with E-state index in [1.54, 1.807) is 4.68 Å². The summed E-state index contributed by atoms with van der Waals surface area (Å²) in [6, 6.07) is -0.467. The second-order valence-electron chi connectivity index (χ2n) is 5.46. The van der Waals surface area contributed by atoms with Crippen LogP contribution in [0.1, 0.15) is 24.6 Å². The Labute approximate surface area is 124 Å². The van der Waals surface area contributed by atoms with E-state index in [0.717, 1.165) is 17.7 Å². The van der Waals surface area contributed by atoms with Gasteiger partial charge in [0.05, 0.1) is 23.6 Å². The summed E-state index contributed by atoms with van der Waals surface area (Å²) >= 11 is 0. The first-order chi connectivity index (χ1) is 9.80. The van der Waals surface area contributed by atoms with Crippen LogP contribution in [0.5, 0.6) is 0 Å². The molecule has 0 spiro atoms. The van der Waals surface area contributed by atoms with Gasteiger partial charge in [0.25, 0.3) is 0 Å². The zero-order valence-electron chi connectivity index (χ0n) is 12.3. The van der Waals surface area contributed by atoms with Gasteiger partial charge in [0.1, 0.15) is 0 Å². The van der Waals surface area contributed by atoms with E-state index in [2.05, 4.69) is 5.10 Å². The Morgan fingerprint density at radius 3 is 2.86 bits per heavy atom. The third kappa shape index (κ3) is 4.04. The van der Waals surface area contributed by atoms with Crippen LogP contribution in [0.25, 0.3) is 0 Å². The average Bonchev–Trinajstić information content (AvgIpc) is 2.71. The number of rotatable bonds is 5. The van der Waals surface area contributed by atoms with Gasteiger partial charge in [-0.2, -0.15) is 5.10 Å². The number of carbonyl (C=O) groups is 1. The monoisotopic (exact) mass is 315 g/mol. The van der Waals surface area contributed by atoms with Gasteiger partial charge in [-0.25, -0.2) is 8.42 Å². The van der Waals surface area contributed by atoms with Crippen LogP contribution < -0.4 is 0 Å². The van der Waals surface area contributed by atoms with Gasteiger partial charge in [0, 0.05) is 37.9 Å². The van der Waals surface area contributed by atoms with Crippen molar-refractivity contribution < 1.29 is 18.3 Å². The van der Waals surface area contributed by atoms with Crippen LogP contribution in [-0.2, 0) is 34.6 Å². The first-order valence-electron chi connectivity index (χ1n) is 6.98. The quantitative estimate of drug-likeness (QED) is 0.826. The maximum atomic E-state index is 11.7. The van der Waals surface area contributed by atoms with Crippen LogP contribution >= 0.6 is 0 Å². The summed E-state index contributed by atoms with van der Waals surface area (Å²) in [5, 5.41) is 13.4. The highest BCUT2D eigenvalue weighted by molar-refractivity contribution is 7.91. The number of hydrogen-bond acceptors (Lipinski definition) is 5. The van der Waals surface area contributed by atoms with Crippen molar-refractivity contribution in [3.05, 3.63) is 17.5 Å². The number of aromatic nitrogens is 2. The molecule has 8 heteroatoms. The zero-order valence-corrected chi connectivity index (χ0v) is 13.1. The third-order valence-corrected chi connectivity index (χ3v) is 5.46. The van der Waals surface area contributed by atoms with Crippen LogP contribution in [0.4, 0.5) is 0 Å². The Bertz CT molecular complexity index is 623. The molecule has 0 aromatic carbocycles. The number of sulfone groups is 1. The first-order valence-corrected chi connectivity index (χ1v) is 8.80. The van der Waals surface area contributed by atoms with Crippen molar-refractivity contribution in [2.24, 2.45) is 7.05 Å². The molecule has 2 rings (SSSR count). The number of carboxylic acid groups (broad SMARTS) is 1. The van der Waals surface area contributed by atoms with Crippen molar-refractivity contribution in [1.82, 2.24) is 14.7 Å². The minimum atomic E-state index is -3.14. The fraction of sp³-hybridized carbons (Fsp3) is 0.692. The van der Waals surface area contributed by atoms with Crippen LogP contribution in [0.3, 0.4) is 0 Å². The third-order valence-electron chi connectivity index (χ3n) is 3.76. The standard InChI is InChI=1S/C13H21N3O4S/c1-3-12-10(7-15(2)14-12)8-16-4-5-21(19,20)9-11(16)6-13(17)18/h7,11H,3-6,8-9H2,1-2H3,(H,17,18). The van der Waals surface area contributed by atoms with E-state index < -0.39 is 21.8 Å². The van der Waals surface area contributed by atoms with E-state index >= 15 is 0 Å². The van der Waals surface area contributed by atoms with Crippen molar-refractivity contribution in [2.45, 2.75) is 32.4 Å². The molecular formula is C13H21N3O4S. The Morgan fingerprint density at radius 2 is 2.24 bits per heavy atom. The molecule has 1 unspecified atom stereocenters. The lowest BCUT2D eigenvalue weighted by atomic mass is 10.1. The second-order valence-corrected chi connectivity index (χ2v) is 7.69. The van der Waals surface area contributed by atoms with Crippen LogP contribution in [0.15, 0.2) is 6.20 Å². The SMILES string of the molecule is CCc1nn(C)cc1CN1CCS(=O)(=O)CC1CC(=O)O. The molecule has 1 aliphatic heterocycles. The molecule has 1 atom stereocenters. The molecule has 118 valence electrons. The predicted octanol–water partition coefficient (Wildman–Crippen LogP) is 0.0562. The van der Waals surface area contributed by atoms with E-state index in [9.17, 15) is 13.2 Å². The highest BCUT2D eigenvalue weighted by Crippen LogP contribution is 2.19. The van der Waals surface area contributed by atoms with E-state index in [0.29, 0.717) is 13.1 Å². The summed E-state index contributed by atoms with van der Waals surface area (Å²) in [7, 11) is -1.29. The van der Waals surface area contributed by atoms with E-state index in [4.69, 9.17) is 5.11 Å². The molecule has 2 heterocycles. The van der Waals surface area contributed by atoms with Gasteiger partial charge in [-0.05, 0) is 6.42 Å². The zero-order chi connectivity index (χ0) is 15.6. The minimum absolute atomic E-state index is 0.0823. The summed E-state index contributed by atoms with van der Waals surface area (Å²) in [6.45, 7) is 2.93. The molecule has 1 saturated heterocycles. The smallest absolute Gasteiger partial charge is 0.304 e. The predicted molar refractivity (Wildman–Crippen MR) is 77.7 cm³/mol. The molecule has 1 fully saturated rings. The molecule has 0 bridgehead atoms. The molecule has 1 aliphatic rings. The first kappa shape index (κ1) is 16.0. The highest BCUT2D eigenvalue weighted by Gasteiger charge is 2.33. The van der Waals surface area contributed by atoms with E-state index in [1.165, 1.54) is 0 Å². The topological polar surface area (TPSA) is 92.5 Å². The average molecular weight is 315 g/mol. The Hall–Kier alpha value is -1.41. The van der Waals surface area contributed by atoms with Crippen LogP contribution in [0.2, 0.25) is 0 Å². The number of nitrogens with zero attached hydrogens (tertiary/aromatic N) is 3. The molecule has 7 nitrogen and oxygen atoms in total. The van der Waals surface area contributed by atoms with E-state index in [-0.39, 0.29) is 17.9 Å².